The molecule has 3 rings (SSSR count). The number of aromatic amines is 1. The number of rotatable bonds is 6. The van der Waals surface area contributed by atoms with E-state index in [-0.39, 0.29) is 11.6 Å². The van der Waals surface area contributed by atoms with E-state index in [0.29, 0.717) is 17.8 Å². The zero-order valence-corrected chi connectivity index (χ0v) is 14.8. The van der Waals surface area contributed by atoms with Crippen LogP contribution in [-0.2, 0) is 0 Å². The molecule has 5 heteroatoms. The Morgan fingerprint density at radius 2 is 2.00 bits per heavy atom. The predicted molar refractivity (Wildman–Crippen MR) is 100 cm³/mol. The minimum atomic E-state index is -0.100. The maximum Gasteiger partial charge on any atom is 0.258 e. The molecule has 1 heterocycles. The average Bonchev–Trinajstić information content (AvgIpc) is 2.61. The topological polar surface area (TPSA) is 58.2 Å². The van der Waals surface area contributed by atoms with Gasteiger partial charge in [-0.2, -0.15) is 0 Å². The number of ether oxygens (including phenoxy) is 1. The average molecular weight is 337 g/mol. The Kier molecular flexibility index (Phi) is 5.14. The van der Waals surface area contributed by atoms with Gasteiger partial charge in [-0.05, 0) is 50.7 Å². The molecule has 1 aromatic heterocycles. The number of para-hydroxylation sites is 1. The summed E-state index contributed by atoms with van der Waals surface area (Å²) in [5, 5.41) is 0.615. The fourth-order valence-corrected chi connectivity index (χ4v) is 2.72. The van der Waals surface area contributed by atoms with E-state index < -0.39 is 0 Å². The molecule has 5 nitrogen and oxygen atoms in total. The zero-order chi connectivity index (χ0) is 17.8. The molecule has 2 aromatic carbocycles. The number of benzene rings is 2. The molecular weight excluding hydrogens is 314 g/mol. The summed E-state index contributed by atoms with van der Waals surface area (Å²) in [5.41, 5.74) is 1.80. The molecule has 0 unspecified atom stereocenters. The van der Waals surface area contributed by atoms with Gasteiger partial charge >= 0.3 is 0 Å². The van der Waals surface area contributed by atoms with Crippen LogP contribution in [0.4, 0.5) is 0 Å². The van der Waals surface area contributed by atoms with Crippen LogP contribution >= 0.6 is 0 Å². The van der Waals surface area contributed by atoms with Crippen molar-refractivity contribution in [3.63, 3.8) is 0 Å². The van der Waals surface area contributed by atoms with Crippen LogP contribution in [0.2, 0.25) is 0 Å². The van der Waals surface area contributed by atoms with Crippen molar-refractivity contribution in [2.75, 3.05) is 20.2 Å². The minimum absolute atomic E-state index is 0.0154. The van der Waals surface area contributed by atoms with Gasteiger partial charge in [0, 0.05) is 6.54 Å². The molecule has 130 valence electrons. The molecule has 0 spiro atoms. The molecule has 0 fully saturated rings. The Balaban J connectivity index is 1.66. The van der Waals surface area contributed by atoms with Gasteiger partial charge in [-0.1, -0.05) is 24.3 Å². The Hall–Kier alpha value is -2.66. The summed E-state index contributed by atoms with van der Waals surface area (Å²) in [4.78, 5) is 21.8. The van der Waals surface area contributed by atoms with E-state index in [0.717, 1.165) is 17.8 Å². The van der Waals surface area contributed by atoms with Gasteiger partial charge in [-0.15, -0.1) is 0 Å². The molecule has 0 aliphatic carbocycles. The SMILES string of the molecule is Cc1cccc(OCCN(C)[C@H](C)c2nc3ccccc3c(=O)[nH]2)c1. The lowest BCUT2D eigenvalue weighted by Crippen LogP contribution is -2.29. The van der Waals surface area contributed by atoms with Crippen molar-refractivity contribution in [3.8, 4) is 5.75 Å². The van der Waals surface area contributed by atoms with E-state index in [2.05, 4.69) is 14.9 Å². The first-order valence-corrected chi connectivity index (χ1v) is 8.43. The van der Waals surface area contributed by atoms with Crippen LogP contribution in [-0.4, -0.2) is 35.1 Å². The molecule has 0 amide bonds. The van der Waals surface area contributed by atoms with E-state index >= 15 is 0 Å². The molecule has 0 radical (unpaired) electrons. The summed E-state index contributed by atoms with van der Waals surface area (Å²) in [6.45, 7) is 5.37. The number of nitrogens with zero attached hydrogens (tertiary/aromatic N) is 2. The number of aryl methyl sites for hydroxylation is 1. The molecule has 1 N–H and O–H groups in total. The zero-order valence-electron chi connectivity index (χ0n) is 14.8. The Bertz CT molecular complexity index is 920. The maximum absolute atomic E-state index is 12.2. The predicted octanol–water partition coefficient (Wildman–Crippen LogP) is 3.30. The summed E-state index contributed by atoms with van der Waals surface area (Å²) in [5.74, 6) is 1.54. The second-order valence-electron chi connectivity index (χ2n) is 6.29. The molecule has 0 bridgehead atoms. The standard InChI is InChI=1S/C20H23N3O2/c1-14-7-6-8-16(13-14)25-12-11-23(3)15(2)19-21-18-10-5-4-9-17(18)20(24)22-19/h4-10,13,15H,11-12H2,1-3H3,(H,21,22,24)/t15-/m1/s1. The third-order valence-corrected chi connectivity index (χ3v) is 4.39. The van der Waals surface area contributed by atoms with Crippen LogP contribution in [0.1, 0.15) is 24.4 Å². The first kappa shape index (κ1) is 17.2. The summed E-state index contributed by atoms with van der Waals surface area (Å²) in [6.07, 6.45) is 0. The highest BCUT2D eigenvalue weighted by atomic mass is 16.5. The van der Waals surface area contributed by atoms with Gasteiger partial charge in [-0.25, -0.2) is 4.98 Å². The highest BCUT2D eigenvalue weighted by molar-refractivity contribution is 5.77. The number of H-pyrrole nitrogens is 1. The second-order valence-corrected chi connectivity index (χ2v) is 6.29. The van der Waals surface area contributed by atoms with Crippen molar-refractivity contribution in [3.05, 3.63) is 70.3 Å². The Morgan fingerprint density at radius 3 is 2.80 bits per heavy atom. The first-order valence-electron chi connectivity index (χ1n) is 8.43. The van der Waals surface area contributed by atoms with Crippen LogP contribution in [0, 0.1) is 6.92 Å². The van der Waals surface area contributed by atoms with Gasteiger partial charge in [0.1, 0.15) is 18.2 Å². The fraction of sp³-hybridized carbons (Fsp3) is 0.300. The number of fused-ring (bicyclic) bond motifs is 1. The van der Waals surface area contributed by atoms with Gasteiger partial charge in [0.2, 0.25) is 0 Å². The highest BCUT2D eigenvalue weighted by Crippen LogP contribution is 2.16. The number of hydrogen-bond donors (Lipinski definition) is 1. The molecule has 25 heavy (non-hydrogen) atoms. The van der Waals surface area contributed by atoms with Crippen molar-refractivity contribution in [1.82, 2.24) is 14.9 Å². The van der Waals surface area contributed by atoms with Gasteiger partial charge in [0.15, 0.2) is 0 Å². The van der Waals surface area contributed by atoms with Gasteiger partial charge in [-0.3, -0.25) is 9.69 Å². The van der Waals surface area contributed by atoms with Crippen molar-refractivity contribution < 1.29 is 4.74 Å². The summed E-state index contributed by atoms with van der Waals surface area (Å²) < 4.78 is 5.80. The lowest BCUT2D eigenvalue weighted by Gasteiger charge is -2.24. The van der Waals surface area contributed by atoms with E-state index in [1.807, 2.05) is 63.4 Å². The van der Waals surface area contributed by atoms with Crippen molar-refractivity contribution in [2.24, 2.45) is 0 Å². The van der Waals surface area contributed by atoms with Crippen molar-refractivity contribution in [1.29, 1.82) is 0 Å². The van der Waals surface area contributed by atoms with Crippen LogP contribution in [0.3, 0.4) is 0 Å². The van der Waals surface area contributed by atoms with Gasteiger partial charge < -0.3 is 9.72 Å². The number of likely N-dealkylation sites (N-methyl/N-ethyl adjacent to an activating group) is 1. The number of nitrogens with one attached hydrogen (secondary N) is 1. The summed E-state index contributed by atoms with van der Waals surface area (Å²) in [7, 11) is 2.00. The van der Waals surface area contributed by atoms with E-state index in [9.17, 15) is 4.79 Å². The fourth-order valence-electron chi connectivity index (χ4n) is 2.72. The van der Waals surface area contributed by atoms with Gasteiger partial charge in [0.25, 0.3) is 5.56 Å². The molecule has 0 saturated heterocycles. The van der Waals surface area contributed by atoms with Crippen molar-refractivity contribution in [2.45, 2.75) is 19.9 Å². The van der Waals surface area contributed by atoms with E-state index in [1.165, 1.54) is 5.56 Å². The molecule has 1 atom stereocenters. The molecular formula is C20H23N3O2. The quantitative estimate of drug-likeness (QED) is 0.750. The lowest BCUT2D eigenvalue weighted by molar-refractivity contribution is 0.196. The molecule has 3 aromatic rings. The van der Waals surface area contributed by atoms with Crippen LogP contribution in [0.5, 0.6) is 5.75 Å². The van der Waals surface area contributed by atoms with Crippen molar-refractivity contribution >= 4 is 10.9 Å². The Labute approximate surface area is 147 Å². The third kappa shape index (κ3) is 4.06. The molecule has 0 aliphatic heterocycles. The number of aromatic nitrogens is 2. The normalized spacial score (nSPS) is 12.5. The monoisotopic (exact) mass is 337 g/mol. The Morgan fingerprint density at radius 1 is 1.20 bits per heavy atom. The highest BCUT2D eigenvalue weighted by Gasteiger charge is 2.15. The summed E-state index contributed by atoms with van der Waals surface area (Å²) >= 11 is 0. The second kappa shape index (κ2) is 7.49. The van der Waals surface area contributed by atoms with E-state index in [1.54, 1.807) is 6.07 Å². The number of hydrogen-bond acceptors (Lipinski definition) is 4. The molecule has 0 saturated carbocycles. The van der Waals surface area contributed by atoms with Gasteiger partial charge in [0.05, 0.1) is 16.9 Å². The maximum atomic E-state index is 12.2. The smallest absolute Gasteiger partial charge is 0.258 e. The minimum Gasteiger partial charge on any atom is -0.492 e. The van der Waals surface area contributed by atoms with Crippen LogP contribution in [0.25, 0.3) is 10.9 Å². The van der Waals surface area contributed by atoms with Crippen LogP contribution < -0.4 is 10.3 Å². The lowest BCUT2D eigenvalue weighted by atomic mass is 10.2. The van der Waals surface area contributed by atoms with E-state index in [4.69, 9.17) is 4.74 Å². The van der Waals surface area contributed by atoms with Crippen LogP contribution in [0.15, 0.2) is 53.3 Å². The third-order valence-electron chi connectivity index (χ3n) is 4.39. The largest absolute Gasteiger partial charge is 0.492 e. The summed E-state index contributed by atoms with van der Waals surface area (Å²) in [6, 6.07) is 15.4. The first-order chi connectivity index (χ1) is 12.0. The molecule has 0 aliphatic rings.